The summed E-state index contributed by atoms with van der Waals surface area (Å²) in [5, 5.41) is 0.609. The lowest BCUT2D eigenvalue weighted by atomic mass is 10.1. The molecule has 2 aromatic carbocycles. The van der Waals surface area contributed by atoms with Crippen molar-refractivity contribution in [2.45, 2.75) is 13.8 Å². The fourth-order valence-corrected chi connectivity index (χ4v) is 3.77. The molecule has 1 aliphatic rings. The predicted molar refractivity (Wildman–Crippen MR) is 127 cm³/mol. The first-order chi connectivity index (χ1) is 15.1. The first-order valence-corrected chi connectivity index (χ1v) is 11.0. The maximum atomic E-state index is 13.2. The molecule has 0 bridgehead atoms. The monoisotopic (exact) mass is 438 g/mol. The third kappa shape index (κ3) is 5.30. The number of anilines is 1. The highest BCUT2D eigenvalue weighted by Crippen LogP contribution is 2.33. The number of amidine groups is 1. The quantitative estimate of drug-likeness (QED) is 0.400. The van der Waals surface area contributed by atoms with E-state index in [1.807, 2.05) is 56.3 Å². The van der Waals surface area contributed by atoms with Crippen LogP contribution in [0.1, 0.15) is 19.4 Å². The Morgan fingerprint density at radius 3 is 2.45 bits per heavy atom. The maximum absolute atomic E-state index is 13.2. The molecule has 0 radical (unpaired) electrons. The van der Waals surface area contributed by atoms with Gasteiger partial charge in [0.15, 0.2) is 16.7 Å². The van der Waals surface area contributed by atoms with Gasteiger partial charge >= 0.3 is 0 Å². The van der Waals surface area contributed by atoms with Crippen LogP contribution in [-0.2, 0) is 4.79 Å². The number of carbonyl (C=O) groups excluding carboxylic acids is 1. The number of hydrogen-bond donors (Lipinski definition) is 0. The van der Waals surface area contributed by atoms with Gasteiger partial charge in [-0.05, 0) is 61.9 Å². The van der Waals surface area contributed by atoms with Gasteiger partial charge in [0.1, 0.15) is 11.4 Å². The van der Waals surface area contributed by atoms with Crippen LogP contribution in [-0.4, -0.2) is 37.2 Å². The van der Waals surface area contributed by atoms with E-state index in [0.29, 0.717) is 41.3 Å². The van der Waals surface area contributed by atoms with Crippen LogP contribution in [0, 0.1) is 0 Å². The molecule has 0 aliphatic carbocycles. The van der Waals surface area contributed by atoms with Gasteiger partial charge < -0.3 is 14.2 Å². The summed E-state index contributed by atoms with van der Waals surface area (Å²) in [6.07, 6.45) is 3.54. The van der Waals surface area contributed by atoms with Crippen molar-refractivity contribution in [1.82, 2.24) is 0 Å². The summed E-state index contributed by atoms with van der Waals surface area (Å²) in [5.41, 5.74) is 1.89. The highest BCUT2D eigenvalue weighted by molar-refractivity contribution is 8.14. The Labute approximate surface area is 187 Å². The molecule has 0 atom stereocenters. The second-order valence-corrected chi connectivity index (χ2v) is 7.42. The molecule has 0 saturated heterocycles. The Kier molecular flexibility index (Phi) is 7.78. The minimum Gasteiger partial charge on any atom is -0.494 e. The molecule has 1 heterocycles. The second kappa shape index (κ2) is 10.7. The number of benzene rings is 2. The van der Waals surface area contributed by atoms with Crippen molar-refractivity contribution in [2.75, 3.05) is 31.0 Å². The molecule has 0 N–H and O–H groups in total. The lowest BCUT2D eigenvalue weighted by Gasteiger charge is -2.18. The van der Waals surface area contributed by atoms with Crippen molar-refractivity contribution in [3.05, 3.63) is 66.4 Å². The normalized spacial score (nSPS) is 14.5. The van der Waals surface area contributed by atoms with E-state index in [4.69, 9.17) is 14.2 Å². The zero-order chi connectivity index (χ0) is 22.2. The molecule has 6 nitrogen and oxygen atoms in total. The van der Waals surface area contributed by atoms with Gasteiger partial charge in [-0.1, -0.05) is 23.9 Å². The van der Waals surface area contributed by atoms with Gasteiger partial charge in [0.2, 0.25) is 0 Å². The van der Waals surface area contributed by atoms with Crippen LogP contribution in [0.25, 0.3) is 6.08 Å². The highest BCUT2D eigenvalue weighted by Gasteiger charge is 2.31. The van der Waals surface area contributed by atoms with Crippen molar-refractivity contribution < 1.29 is 19.0 Å². The zero-order valence-electron chi connectivity index (χ0n) is 18.0. The first kappa shape index (κ1) is 22.5. The van der Waals surface area contributed by atoms with Gasteiger partial charge in [0, 0.05) is 5.75 Å². The lowest BCUT2D eigenvalue weighted by Crippen LogP contribution is -2.30. The summed E-state index contributed by atoms with van der Waals surface area (Å²) in [6, 6.07) is 12.9. The molecule has 2 aromatic rings. The van der Waals surface area contributed by atoms with Crippen molar-refractivity contribution in [1.29, 1.82) is 0 Å². The van der Waals surface area contributed by atoms with Gasteiger partial charge in [-0.2, -0.15) is 0 Å². The number of methoxy groups -OCH3 is 1. The molecular weight excluding hydrogens is 412 g/mol. The Balaban J connectivity index is 1.93. The van der Waals surface area contributed by atoms with Gasteiger partial charge in [-0.15, -0.1) is 6.58 Å². The fraction of sp³-hybridized carbons (Fsp3) is 0.250. The largest absolute Gasteiger partial charge is 0.494 e. The summed E-state index contributed by atoms with van der Waals surface area (Å²) in [6.45, 7) is 8.74. The van der Waals surface area contributed by atoms with Gasteiger partial charge in [-0.25, -0.2) is 4.99 Å². The summed E-state index contributed by atoms with van der Waals surface area (Å²) in [7, 11) is 1.59. The van der Waals surface area contributed by atoms with Crippen LogP contribution < -0.4 is 19.1 Å². The third-order valence-electron chi connectivity index (χ3n) is 4.36. The van der Waals surface area contributed by atoms with E-state index in [-0.39, 0.29) is 5.91 Å². The fourth-order valence-electron chi connectivity index (χ4n) is 3.02. The number of thioether (sulfide) groups is 1. The Bertz CT molecular complexity index is 999. The molecule has 0 aromatic heterocycles. The Hall–Kier alpha value is -3.19. The second-order valence-electron chi connectivity index (χ2n) is 6.43. The number of nitrogens with zero attached hydrogens (tertiary/aromatic N) is 2. The molecular formula is C24H26N2O4S. The van der Waals surface area contributed by atoms with E-state index in [0.717, 1.165) is 17.0 Å². The SMILES string of the molecule is C=CCSC1=NC(=Cc2ccc(OCC)c(OC)c2)C(=O)N1c1ccc(OCC)cc1. The molecule has 0 saturated carbocycles. The van der Waals surface area contributed by atoms with E-state index in [1.165, 1.54) is 11.8 Å². The summed E-state index contributed by atoms with van der Waals surface area (Å²) in [5.74, 6) is 2.47. The molecule has 0 fully saturated rings. The van der Waals surface area contributed by atoms with E-state index < -0.39 is 0 Å². The van der Waals surface area contributed by atoms with Gasteiger partial charge in [0.05, 0.1) is 26.0 Å². The first-order valence-electron chi connectivity index (χ1n) is 10.0. The molecule has 1 aliphatic heterocycles. The molecule has 3 rings (SSSR count). The van der Waals surface area contributed by atoms with E-state index in [2.05, 4.69) is 11.6 Å². The van der Waals surface area contributed by atoms with Crippen molar-refractivity contribution in [3.63, 3.8) is 0 Å². The van der Waals surface area contributed by atoms with Gasteiger partial charge in [0.25, 0.3) is 5.91 Å². The molecule has 31 heavy (non-hydrogen) atoms. The van der Waals surface area contributed by atoms with Crippen LogP contribution in [0.3, 0.4) is 0 Å². The molecule has 162 valence electrons. The number of carbonyl (C=O) groups is 1. The Morgan fingerprint density at radius 1 is 1.06 bits per heavy atom. The number of ether oxygens (including phenoxy) is 3. The lowest BCUT2D eigenvalue weighted by molar-refractivity contribution is -0.113. The standard InChI is InChI=1S/C24H26N2O4S/c1-5-14-31-24-25-20(15-17-8-13-21(30-7-3)22(16-17)28-4)23(27)26(24)18-9-11-19(12-10-18)29-6-2/h5,8-13,15-16H,1,6-7,14H2,2-4H3. The molecule has 7 heteroatoms. The number of rotatable bonds is 9. The number of aliphatic imine (C=N–C) groups is 1. The minimum absolute atomic E-state index is 0.191. The van der Waals surface area contributed by atoms with E-state index in [9.17, 15) is 4.79 Å². The highest BCUT2D eigenvalue weighted by atomic mass is 32.2. The predicted octanol–water partition coefficient (Wildman–Crippen LogP) is 5.16. The van der Waals surface area contributed by atoms with Crippen LogP contribution in [0.5, 0.6) is 17.2 Å². The van der Waals surface area contributed by atoms with Crippen molar-refractivity contribution >= 4 is 34.6 Å². The number of hydrogen-bond acceptors (Lipinski definition) is 6. The van der Waals surface area contributed by atoms with Crippen LogP contribution in [0.15, 0.2) is 65.8 Å². The summed E-state index contributed by atoms with van der Waals surface area (Å²) >= 11 is 1.46. The van der Waals surface area contributed by atoms with Crippen LogP contribution >= 0.6 is 11.8 Å². The van der Waals surface area contributed by atoms with E-state index in [1.54, 1.807) is 24.2 Å². The average Bonchev–Trinajstić information content (AvgIpc) is 3.09. The zero-order valence-corrected chi connectivity index (χ0v) is 18.8. The molecule has 1 amide bonds. The Morgan fingerprint density at radius 2 is 1.81 bits per heavy atom. The third-order valence-corrected chi connectivity index (χ3v) is 5.29. The van der Waals surface area contributed by atoms with Crippen LogP contribution in [0.4, 0.5) is 5.69 Å². The van der Waals surface area contributed by atoms with Crippen LogP contribution in [0.2, 0.25) is 0 Å². The minimum atomic E-state index is -0.191. The van der Waals surface area contributed by atoms with Crippen molar-refractivity contribution in [2.24, 2.45) is 4.99 Å². The maximum Gasteiger partial charge on any atom is 0.283 e. The van der Waals surface area contributed by atoms with Gasteiger partial charge in [-0.3, -0.25) is 9.69 Å². The summed E-state index contributed by atoms with van der Waals surface area (Å²) < 4.78 is 16.5. The average molecular weight is 439 g/mol. The molecule has 0 spiro atoms. The smallest absolute Gasteiger partial charge is 0.283 e. The topological polar surface area (TPSA) is 60.4 Å². The van der Waals surface area contributed by atoms with E-state index >= 15 is 0 Å². The number of amides is 1. The summed E-state index contributed by atoms with van der Waals surface area (Å²) in [4.78, 5) is 19.4. The van der Waals surface area contributed by atoms with Crippen molar-refractivity contribution in [3.8, 4) is 17.2 Å². The molecule has 0 unspecified atom stereocenters.